The van der Waals surface area contributed by atoms with E-state index in [-0.39, 0.29) is 0 Å². The third kappa shape index (κ3) is 4.00. The maximum Gasteiger partial charge on any atom is 0.254 e. The number of rotatable bonds is 7. The third-order valence-corrected chi connectivity index (χ3v) is 2.50. The van der Waals surface area contributed by atoms with Crippen LogP contribution in [0.3, 0.4) is 0 Å². The van der Waals surface area contributed by atoms with Gasteiger partial charge in [0.1, 0.15) is 12.2 Å². The summed E-state index contributed by atoms with van der Waals surface area (Å²) in [6.45, 7) is 7.94. The lowest BCUT2D eigenvalue weighted by Gasteiger charge is -2.12. The van der Waals surface area contributed by atoms with Gasteiger partial charge in [-0.05, 0) is 38.4 Å². The first-order valence-corrected chi connectivity index (χ1v) is 6.17. The summed E-state index contributed by atoms with van der Waals surface area (Å²) >= 11 is 0. The lowest BCUT2D eigenvalue weighted by molar-refractivity contribution is 0.0995. The zero-order chi connectivity index (χ0) is 13.5. The molecule has 1 aromatic rings. The minimum absolute atomic E-state index is 0.332. The van der Waals surface area contributed by atoms with Crippen molar-refractivity contribution in [2.75, 3.05) is 19.7 Å². The molecule has 1 heterocycles. The van der Waals surface area contributed by atoms with Gasteiger partial charge in [-0.15, -0.1) is 0 Å². The number of hydrogen-bond acceptors (Lipinski definition) is 4. The largest absolute Gasteiger partial charge is 0.476 e. The molecule has 1 rings (SSSR count). The Bertz CT molecular complexity index is 419. The number of nitrogens with two attached hydrogens (primary N) is 1. The molecule has 0 atom stereocenters. The zero-order valence-electron chi connectivity index (χ0n) is 11.2. The number of nitrogens with zero attached hydrogens (tertiary/aromatic N) is 1. The average Bonchev–Trinajstić information content (AvgIpc) is 2.27. The van der Waals surface area contributed by atoms with E-state index in [1.54, 1.807) is 0 Å². The van der Waals surface area contributed by atoms with E-state index in [0.29, 0.717) is 18.1 Å². The van der Waals surface area contributed by atoms with Crippen LogP contribution in [0.5, 0.6) is 5.88 Å². The number of primary amides is 1. The molecule has 5 heteroatoms. The highest BCUT2D eigenvalue weighted by molar-refractivity contribution is 5.96. The van der Waals surface area contributed by atoms with E-state index in [1.807, 2.05) is 19.9 Å². The normalized spacial score (nSPS) is 10.4. The second-order valence-corrected chi connectivity index (χ2v) is 4.22. The number of carbonyl (C=O) groups excluding carboxylic acids is 1. The van der Waals surface area contributed by atoms with Crippen molar-refractivity contribution in [3.8, 4) is 5.88 Å². The van der Waals surface area contributed by atoms with Gasteiger partial charge in [-0.3, -0.25) is 4.79 Å². The van der Waals surface area contributed by atoms with Gasteiger partial charge in [-0.25, -0.2) is 4.98 Å². The molecule has 1 amide bonds. The van der Waals surface area contributed by atoms with Gasteiger partial charge in [0.2, 0.25) is 5.88 Å². The van der Waals surface area contributed by atoms with Crippen molar-refractivity contribution in [3.05, 3.63) is 22.9 Å². The van der Waals surface area contributed by atoms with E-state index >= 15 is 0 Å². The number of hydrogen-bond donors (Lipinski definition) is 2. The summed E-state index contributed by atoms with van der Waals surface area (Å²) < 4.78 is 5.53. The number of ether oxygens (including phenoxy) is 1. The summed E-state index contributed by atoms with van der Waals surface area (Å²) in [5, 5.41) is 3.21. The number of amides is 1. The Morgan fingerprint density at radius 2 is 2.17 bits per heavy atom. The van der Waals surface area contributed by atoms with Crippen LogP contribution < -0.4 is 15.8 Å². The van der Waals surface area contributed by atoms with Crippen molar-refractivity contribution in [1.82, 2.24) is 10.3 Å². The molecule has 1 aromatic heterocycles. The summed E-state index contributed by atoms with van der Waals surface area (Å²) in [6.07, 6.45) is 1.08. The van der Waals surface area contributed by atoms with Gasteiger partial charge in [0.25, 0.3) is 5.91 Å². The molecule has 0 saturated carbocycles. The van der Waals surface area contributed by atoms with Crippen molar-refractivity contribution in [2.24, 2.45) is 5.73 Å². The smallest absolute Gasteiger partial charge is 0.254 e. The molecule has 0 saturated heterocycles. The fourth-order valence-electron chi connectivity index (χ4n) is 1.73. The third-order valence-electron chi connectivity index (χ3n) is 2.50. The van der Waals surface area contributed by atoms with Crippen molar-refractivity contribution < 1.29 is 9.53 Å². The number of nitrogens with one attached hydrogen (secondary N) is 1. The molecule has 0 aromatic carbocycles. The molecule has 100 valence electrons. The SMILES string of the molecule is CCCNCCOc1nc(C)cc(C)c1C(N)=O. The summed E-state index contributed by atoms with van der Waals surface area (Å²) in [5.74, 6) is -0.171. The molecular formula is C13H21N3O2. The molecule has 0 spiro atoms. The fraction of sp³-hybridized carbons (Fsp3) is 0.538. The van der Waals surface area contributed by atoms with Gasteiger partial charge < -0.3 is 15.8 Å². The first kappa shape index (κ1) is 14.4. The quantitative estimate of drug-likeness (QED) is 0.713. The van der Waals surface area contributed by atoms with Gasteiger partial charge in [0.05, 0.1) is 0 Å². The van der Waals surface area contributed by atoms with Crippen LogP contribution in [0.1, 0.15) is 35.0 Å². The summed E-state index contributed by atoms with van der Waals surface area (Å²) in [6, 6.07) is 1.82. The Labute approximate surface area is 108 Å². The molecule has 0 aliphatic carbocycles. The minimum atomic E-state index is -0.503. The Morgan fingerprint density at radius 3 is 2.78 bits per heavy atom. The maximum absolute atomic E-state index is 11.4. The van der Waals surface area contributed by atoms with Crippen LogP contribution >= 0.6 is 0 Å². The highest BCUT2D eigenvalue weighted by atomic mass is 16.5. The molecule has 3 N–H and O–H groups in total. The van der Waals surface area contributed by atoms with E-state index in [0.717, 1.165) is 30.8 Å². The standard InChI is InChI=1S/C13H21N3O2/c1-4-5-15-6-7-18-13-11(12(14)17)9(2)8-10(3)16-13/h8,15H,4-7H2,1-3H3,(H2,14,17). The second-order valence-electron chi connectivity index (χ2n) is 4.22. The van der Waals surface area contributed by atoms with Crippen molar-refractivity contribution in [2.45, 2.75) is 27.2 Å². The van der Waals surface area contributed by atoms with Crippen LogP contribution in [0.25, 0.3) is 0 Å². The summed E-state index contributed by atoms with van der Waals surface area (Å²) in [7, 11) is 0. The van der Waals surface area contributed by atoms with Crippen LogP contribution in [0.4, 0.5) is 0 Å². The van der Waals surface area contributed by atoms with Crippen molar-refractivity contribution in [1.29, 1.82) is 0 Å². The minimum Gasteiger partial charge on any atom is -0.476 e. The van der Waals surface area contributed by atoms with E-state index in [1.165, 1.54) is 0 Å². The van der Waals surface area contributed by atoms with Crippen molar-refractivity contribution in [3.63, 3.8) is 0 Å². The van der Waals surface area contributed by atoms with Gasteiger partial charge >= 0.3 is 0 Å². The Hall–Kier alpha value is -1.62. The average molecular weight is 251 g/mol. The first-order chi connectivity index (χ1) is 8.56. The molecule has 0 unspecified atom stereocenters. The van der Waals surface area contributed by atoms with Gasteiger partial charge in [-0.2, -0.15) is 0 Å². The highest BCUT2D eigenvalue weighted by Crippen LogP contribution is 2.20. The van der Waals surface area contributed by atoms with E-state index < -0.39 is 5.91 Å². The fourth-order valence-corrected chi connectivity index (χ4v) is 1.73. The predicted octanol–water partition coefficient (Wildman–Crippen LogP) is 1.18. The molecule has 18 heavy (non-hydrogen) atoms. The molecule has 0 radical (unpaired) electrons. The summed E-state index contributed by atoms with van der Waals surface area (Å²) in [4.78, 5) is 15.6. The van der Waals surface area contributed by atoms with Gasteiger partial charge in [0, 0.05) is 12.2 Å². The zero-order valence-corrected chi connectivity index (χ0v) is 11.2. The molecule has 5 nitrogen and oxygen atoms in total. The van der Waals surface area contributed by atoms with Crippen LogP contribution in [0.2, 0.25) is 0 Å². The Morgan fingerprint density at radius 1 is 1.44 bits per heavy atom. The van der Waals surface area contributed by atoms with Gasteiger partial charge in [-0.1, -0.05) is 6.92 Å². The molecule has 0 aliphatic rings. The van der Waals surface area contributed by atoms with E-state index in [2.05, 4.69) is 17.2 Å². The van der Waals surface area contributed by atoms with Gasteiger partial charge in [0.15, 0.2) is 0 Å². The first-order valence-electron chi connectivity index (χ1n) is 6.17. The Balaban J connectivity index is 2.71. The monoisotopic (exact) mass is 251 g/mol. The number of pyridine rings is 1. The lowest BCUT2D eigenvalue weighted by atomic mass is 10.1. The van der Waals surface area contributed by atoms with E-state index in [9.17, 15) is 4.79 Å². The van der Waals surface area contributed by atoms with Crippen LogP contribution in [0, 0.1) is 13.8 Å². The lowest BCUT2D eigenvalue weighted by Crippen LogP contribution is -2.23. The molecule has 0 fully saturated rings. The van der Waals surface area contributed by atoms with Crippen LogP contribution in [0.15, 0.2) is 6.07 Å². The highest BCUT2D eigenvalue weighted by Gasteiger charge is 2.15. The second kappa shape index (κ2) is 6.96. The maximum atomic E-state index is 11.4. The van der Waals surface area contributed by atoms with Crippen LogP contribution in [-0.2, 0) is 0 Å². The topological polar surface area (TPSA) is 77.2 Å². The number of aryl methyl sites for hydroxylation is 2. The van der Waals surface area contributed by atoms with Crippen molar-refractivity contribution >= 4 is 5.91 Å². The summed E-state index contributed by atoms with van der Waals surface area (Å²) in [5.41, 5.74) is 7.33. The number of aromatic nitrogens is 1. The molecule has 0 bridgehead atoms. The van der Waals surface area contributed by atoms with Crippen LogP contribution in [-0.4, -0.2) is 30.6 Å². The molecule has 0 aliphatic heterocycles. The number of carbonyl (C=O) groups is 1. The van der Waals surface area contributed by atoms with E-state index in [4.69, 9.17) is 10.5 Å². The predicted molar refractivity (Wildman–Crippen MR) is 70.9 cm³/mol. The molecular weight excluding hydrogens is 230 g/mol. The Kier molecular flexibility index (Phi) is 5.58.